The van der Waals surface area contributed by atoms with Crippen LogP contribution in [0.15, 0.2) is 78.9 Å². The topological polar surface area (TPSA) is 84.9 Å². The van der Waals surface area contributed by atoms with Crippen molar-refractivity contribution in [3.63, 3.8) is 0 Å². The zero-order valence-corrected chi connectivity index (χ0v) is 22.9. The lowest BCUT2D eigenvalue weighted by molar-refractivity contribution is -0.141. The van der Waals surface area contributed by atoms with Gasteiger partial charge in [-0.25, -0.2) is 4.79 Å². The van der Waals surface area contributed by atoms with E-state index < -0.39 is 12.0 Å². The number of carbonyl (C=O) groups is 3. The number of rotatable bonds is 14. The van der Waals surface area contributed by atoms with Crippen molar-refractivity contribution in [3.05, 3.63) is 95.6 Å². The van der Waals surface area contributed by atoms with Gasteiger partial charge in [0, 0.05) is 35.7 Å². The number of ketones is 1. The van der Waals surface area contributed by atoms with Gasteiger partial charge in [0.2, 0.25) is 5.91 Å². The number of nitrogens with one attached hydrogen (secondary N) is 1. The number of para-hydroxylation sites is 1. The zero-order chi connectivity index (χ0) is 27.9. The molecule has 0 saturated heterocycles. The molecule has 3 aromatic rings. The molecule has 5 rings (SSSR count). The van der Waals surface area contributed by atoms with E-state index in [1.807, 2.05) is 53.4 Å². The number of esters is 1. The van der Waals surface area contributed by atoms with Crippen molar-refractivity contribution in [2.75, 3.05) is 32.1 Å². The van der Waals surface area contributed by atoms with Gasteiger partial charge in [0.25, 0.3) is 0 Å². The average Bonchev–Trinajstić information content (AvgIpc) is 3.92. The maximum atomic E-state index is 13.1. The van der Waals surface area contributed by atoms with Crippen LogP contribution in [0.2, 0.25) is 0 Å². The average molecular weight is 541 g/mol. The summed E-state index contributed by atoms with van der Waals surface area (Å²) in [6.07, 6.45) is 4.82. The molecule has 0 spiro atoms. The number of hydrogen-bond donors (Lipinski definition) is 1. The first-order valence-corrected chi connectivity index (χ1v) is 14.1. The standard InChI is InChI=1S/C33H36N2O5/c1-39-33(38)30(34-29-10-6-5-9-28(29)31(36)25-7-3-2-4-8-25)21-23-13-17-27(18-14-23)40-20-19-35(22-24-11-12-24)32(37)26-15-16-26/h2-10,13-14,17-18,24,26,30,34H,11-12,15-16,19-22H2,1H3/t30-/m0/s1. The third kappa shape index (κ3) is 7.29. The largest absolute Gasteiger partial charge is 0.492 e. The van der Waals surface area contributed by atoms with Crippen LogP contribution in [0.4, 0.5) is 5.69 Å². The predicted octanol–water partition coefficient (Wildman–Crippen LogP) is 5.14. The lowest BCUT2D eigenvalue weighted by Gasteiger charge is -2.23. The molecule has 2 aliphatic carbocycles. The number of ether oxygens (including phenoxy) is 2. The SMILES string of the molecule is COC(=O)[C@H](Cc1ccc(OCCN(CC2CC2)C(=O)C2CC2)cc1)Nc1ccccc1C(=O)c1ccccc1. The highest BCUT2D eigenvalue weighted by atomic mass is 16.5. The first-order valence-electron chi connectivity index (χ1n) is 14.1. The second-order valence-electron chi connectivity index (χ2n) is 10.7. The summed E-state index contributed by atoms with van der Waals surface area (Å²) in [6, 6.07) is 23.2. The maximum Gasteiger partial charge on any atom is 0.328 e. The fraction of sp³-hybridized carbons (Fsp3) is 0.364. The number of carbonyl (C=O) groups excluding carboxylic acids is 3. The third-order valence-electron chi connectivity index (χ3n) is 7.43. The van der Waals surface area contributed by atoms with E-state index in [-0.39, 0.29) is 17.6 Å². The van der Waals surface area contributed by atoms with E-state index in [4.69, 9.17) is 9.47 Å². The lowest BCUT2D eigenvalue weighted by Crippen LogP contribution is -2.37. The van der Waals surface area contributed by atoms with Crippen LogP contribution >= 0.6 is 0 Å². The molecular formula is C33H36N2O5. The lowest BCUT2D eigenvalue weighted by atomic mass is 10.00. The number of anilines is 1. The van der Waals surface area contributed by atoms with Crippen molar-refractivity contribution in [2.24, 2.45) is 11.8 Å². The molecule has 1 amide bonds. The van der Waals surface area contributed by atoms with Gasteiger partial charge in [-0.15, -0.1) is 0 Å². The van der Waals surface area contributed by atoms with Crippen LogP contribution in [-0.4, -0.2) is 55.4 Å². The molecule has 1 N–H and O–H groups in total. The Bertz CT molecular complexity index is 1320. The van der Waals surface area contributed by atoms with Gasteiger partial charge in [0.05, 0.1) is 13.7 Å². The monoisotopic (exact) mass is 540 g/mol. The van der Waals surface area contributed by atoms with Crippen LogP contribution in [-0.2, 0) is 20.7 Å². The fourth-order valence-corrected chi connectivity index (χ4v) is 4.80. The van der Waals surface area contributed by atoms with Gasteiger partial charge in [0.15, 0.2) is 5.78 Å². The summed E-state index contributed by atoms with van der Waals surface area (Å²) >= 11 is 0. The second kappa shape index (κ2) is 12.8. The van der Waals surface area contributed by atoms with Crippen molar-refractivity contribution in [3.8, 4) is 5.75 Å². The summed E-state index contributed by atoms with van der Waals surface area (Å²) in [4.78, 5) is 40.4. The molecule has 0 bridgehead atoms. The minimum Gasteiger partial charge on any atom is -0.492 e. The Hall–Kier alpha value is -4.13. The van der Waals surface area contributed by atoms with Crippen molar-refractivity contribution >= 4 is 23.3 Å². The number of hydrogen-bond acceptors (Lipinski definition) is 6. The molecule has 0 unspecified atom stereocenters. The molecule has 7 nitrogen and oxygen atoms in total. The van der Waals surface area contributed by atoms with Crippen LogP contribution in [0.25, 0.3) is 0 Å². The molecule has 2 fully saturated rings. The molecule has 3 aromatic carbocycles. The summed E-state index contributed by atoms with van der Waals surface area (Å²) in [7, 11) is 1.36. The van der Waals surface area contributed by atoms with E-state index in [1.54, 1.807) is 30.3 Å². The molecule has 0 heterocycles. The van der Waals surface area contributed by atoms with Crippen molar-refractivity contribution in [2.45, 2.75) is 38.1 Å². The summed E-state index contributed by atoms with van der Waals surface area (Å²) in [6.45, 7) is 1.89. The molecule has 2 saturated carbocycles. The summed E-state index contributed by atoms with van der Waals surface area (Å²) in [5.41, 5.74) is 2.56. The molecule has 1 atom stereocenters. The first-order chi connectivity index (χ1) is 19.5. The predicted molar refractivity (Wildman–Crippen MR) is 153 cm³/mol. The molecule has 40 heavy (non-hydrogen) atoms. The van der Waals surface area contributed by atoms with Crippen LogP contribution in [0.3, 0.4) is 0 Å². The highest BCUT2D eigenvalue weighted by Crippen LogP contribution is 2.34. The molecule has 208 valence electrons. The van der Waals surface area contributed by atoms with Gasteiger partial charge in [0.1, 0.15) is 18.4 Å². The quantitative estimate of drug-likeness (QED) is 0.225. The Balaban J connectivity index is 1.20. The minimum atomic E-state index is -0.689. The maximum absolute atomic E-state index is 13.1. The normalized spacial score (nSPS) is 15.1. The number of nitrogens with zero attached hydrogens (tertiary/aromatic N) is 1. The number of benzene rings is 3. The smallest absolute Gasteiger partial charge is 0.328 e. The van der Waals surface area contributed by atoms with Crippen LogP contribution in [0.1, 0.15) is 47.2 Å². The van der Waals surface area contributed by atoms with Gasteiger partial charge >= 0.3 is 5.97 Å². The zero-order valence-electron chi connectivity index (χ0n) is 22.9. The van der Waals surface area contributed by atoms with E-state index in [0.717, 1.165) is 30.7 Å². The van der Waals surface area contributed by atoms with Crippen molar-refractivity contribution in [1.82, 2.24) is 4.90 Å². The van der Waals surface area contributed by atoms with E-state index in [1.165, 1.54) is 20.0 Å². The number of amides is 1. The Kier molecular flexibility index (Phi) is 8.79. The molecule has 0 radical (unpaired) electrons. The van der Waals surface area contributed by atoms with E-state index >= 15 is 0 Å². The van der Waals surface area contributed by atoms with Gasteiger partial charge in [-0.2, -0.15) is 0 Å². The fourth-order valence-electron chi connectivity index (χ4n) is 4.80. The van der Waals surface area contributed by atoms with Crippen molar-refractivity contribution in [1.29, 1.82) is 0 Å². The van der Waals surface area contributed by atoms with E-state index in [2.05, 4.69) is 5.32 Å². The molecule has 7 heteroatoms. The molecule has 2 aliphatic rings. The van der Waals surface area contributed by atoms with Crippen molar-refractivity contribution < 1.29 is 23.9 Å². The van der Waals surface area contributed by atoms with Gasteiger partial charge < -0.3 is 19.7 Å². The highest BCUT2D eigenvalue weighted by molar-refractivity contribution is 6.12. The summed E-state index contributed by atoms with van der Waals surface area (Å²) < 4.78 is 11.0. The Morgan fingerprint density at radius 3 is 2.27 bits per heavy atom. The molecule has 0 aliphatic heterocycles. The molecule has 0 aromatic heterocycles. The van der Waals surface area contributed by atoms with Gasteiger partial charge in [-0.3, -0.25) is 9.59 Å². The third-order valence-corrected chi connectivity index (χ3v) is 7.43. The van der Waals surface area contributed by atoms with Crippen LogP contribution in [0.5, 0.6) is 5.75 Å². The van der Waals surface area contributed by atoms with Crippen LogP contribution in [0, 0.1) is 11.8 Å². The minimum absolute atomic E-state index is 0.122. The first kappa shape index (κ1) is 27.4. The van der Waals surface area contributed by atoms with Gasteiger partial charge in [-0.1, -0.05) is 54.6 Å². The summed E-state index contributed by atoms with van der Waals surface area (Å²) in [5, 5.41) is 3.24. The number of methoxy groups -OCH3 is 1. The Morgan fingerprint density at radius 1 is 0.900 bits per heavy atom. The highest BCUT2D eigenvalue weighted by Gasteiger charge is 2.35. The Labute approximate surface area is 235 Å². The van der Waals surface area contributed by atoms with Gasteiger partial charge in [-0.05, 0) is 61.4 Å². The Morgan fingerprint density at radius 2 is 1.60 bits per heavy atom. The molecular weight excluding hydrogens is 504 g/mol. The van der Waals surface area contributed by atoms with E-state index in [9.17, 15) is 14.4 Å². The van der Waals surface area contributed by atoms with Crippen LogP contribution < -0.4 is 10.1 Å². The summed E-state index contributed by atoms with van der Waals surface area (Å²) in [5.74, 6) is 1.33. The second-order valence-corrected chi connectivity index (χ2v) is 10.7. The van der Waals surface area contributed by atoms with E-state index in [0.29, 0.717) is 42.3 Å².